The molecule has 0 spiro atoms. The van der Waals surface area contributed by atoms with E-state index in [-0.39, 0.29) is 0 Å². The SMILES string of the molecule is CCC(C)(C)CNCC1(O)CCCCC1. The Kier molecular flexibility index (Phi) is 4.60. The van der Waals surface area contributed by atoms with Crippen LogP contribution in [0.25, 0.3) is 0 Å². The first-order valence-corrected chi connectivity index (χ1v) is 6.41. The van der Waals surface area contributed by atoms with Crippen molar-refractivity contribution < 1.29 is 5.11 Å². The zero-order chi connectivity index (χ0) is 11.4. The predicted molar refractivity (Wildman–Crippen MR) is 65.0 cm³/mol. The summed E-state index contributed by atoms with van der Waals surface area (Å²) in [5, 5.41) is 13.7. The molecule has 15 heavy (non-hydrogen) atoms. The van der Waals surface area contributed by atoms with Gasteiger partial charge in [0.2, 0.25) is 0 Å². The van der Waals surface area contributed by atoms with E-state index in [9.17, 15) is 5.11 Å². The molecule has 0 heterocycles. The van der Waals surface area contributed by atoms with Crippen molar-refractivity contribution in [2.75, 3.05) is 13.1 Å². The number of nitrogens with one attached hydrogen (secondary N) is 1. The second-order valence-corrected chi connectivity index (χ2v) is 5.91. The minimum absolute atomic E-state index is 0.352. The molecular formula is C13H27NO. The van der Waals surface area contributed by atoms with Crippen LogP contribution in [0.1, 0.15) is 59.3 Å². The van der Waals surface area contributed by atoms with Gasteiger partial charge in [-0.1, -0.05) is 40.0 Å². The number of hydrogen-bond donors (Lipinski definition) is 2. The largest absolute Gasteiger partial charge is 0.389 e. The molecule has 0 amide bonds. The van der Waals surface area contributed by atoms with Crippen LogP contribution in [0.3, 0.4) is 0 Å². The maximum atomic E-state index is 10.3. The van der Waals surface area contributed by atoms with Gasteiger partial charge in [0.15, 0.2) is 0 Å². The summed E-state index contributed by atoms with van der Waals surface area (Å²) in [4.78, 5) is 0. The fourth-order valence-electron chi connectivity index (χ4n) is 2.15. The van der Waals surface area contributed by atoms with E-state index in [4.69, 9.17) is 0 Å². The van der Waals surface area contributed by atoms with E-state index in [1.165, 1.54) is 25.7 Å². The molecule has 0 aromatic rings. The predicted octanol–water partition coefficient (Wildman–Crippen LogP) is 2.71. The third kappa shape index (κ3) is 4.52. The number of aliphatic hydroxyl groups is 1. The quantitative estimate of drug-likeness (QED) is 0.736. The van der Waals surface area contributed by atoms with Crippen molar-refractivity contribution in [3.63, 3.8) is 0 Å². The van der Waals surface area contributed by atoms with Gasteiger partial charge in [0.25, 0.3) is 0 Å². The van der Waals surface area contributed by atoms with Crippen LogP contribution < -0.4 is 5.32 Å². The van der Waals surface area contributed by atoms with Crippen molar-refractivity contribution in [2.24, 2.45) is 5.41 Å². The van der Waals surface area contributed by atoms with Crippen molar-refractivity contribution in [3.05, 3.63) is 0 Å². The Labute approximate surface area is 94.5 Å². The van der Waals surface area contributed by atoms with Crippen LogP contribution in [0.4, 0.5) is 0 Å². The van der Waals surface area contributed by atoms with E-state index in [1.807, 2.05) is 0 Å². The summed E-state index contributed by atoms with van der Waals surface area (Å²) in [6.45, 7) is 8.54. The minimum Gasteiger partial charge on any atom is -0.389 e. The molecule has 2 heteroatoms. The smallest absolute Gasteiger partial charge is 0.0771 e. The van der Waals surface area contributed by atoms with E-state index in [0.29, 0.717) is 5.41 Å². The van der Waals surface area contributed by atoms with Gasteiger partial charge in [0, 0.05) is 13.1 Å². The Morgan fingerprint density at radius 1 is 1.20 bits per heavy atom. The lowest BCUT2D eigenvalue weighted by Gasteiger charge is -2.34. The fraction of sp³-hybridized carbons (Fsp3) is 1.00. The van der Waals surface area contributed by atoms with E-state index in [1.54, 1.807) is 0 Å². The topological polar surface area (TPSA) is 32.3 Å². The number of hydrogen-bond acceptors (Lipinski definition) is 2. The van der Waals surface area contributed by atoms with Crippen LogP contribution in [0.5, 0.6) is 0 Å². The van der Waals surface area contributed by atoms with Gasteiger partial charge < -0.3 is 10.4 Å². The Hall–Kier alpha value is -0.0800. The van der Waals surface area contributed by atoms with Crippen LogP contribution in [-0.4, -0.2) is 23.8 Å². The maximum absolute atomic E-state index is 10.3. The van der Waals surface area contributed by atoms with E-state index < -0.39 is 5.60 Å². The zero-order valence-electron chi connectivity index (χ0n) is 10.6. The van der Waals surface area contributed by atoms with Gasteiger partial charge >= 0.3 is 0 Å². The Morgan fingerprint density at radius 2 is 1.80 bits per heavy atom. The molecular weight excluding hydrogens is 186 g/mol. The van der Waals surface area contributed by atoms with Crippen LogP contribution >= 0.6 is 0 Å². The van der Waals surface area contributed by atoms with Gasteiger partial charge in [-0.05, 0) is 24.7 Å². The molecule has 0 bridgehead atoms. The lowest BCUT2D eigenvalue weighted by molar-refractivity contribution is 0.00326. The number of rotatable bonds is 5. The average molecular weight is 213 g/mol. The van der Waals surface area contributed by atoms with Crippen molar-refractivity contribution in [1.82, 2.24) is 5.32 Å². The highest BCUT2D eigenvalue weighted by Crippen LogP contribution is 2.27. The molecule has 0 unspecified atom stereocenters. The second-order valence-electron chi connectivity index (χ2n) is 5.91. The van der Waals surface area contributed by atoms with Gasteiger partial charge in [0.05, 0.1) is 5.60 Å². The van der Waals surface area contributed by atoms with Gasteiger partial charge in [-0.15, -0.1) is 0 Å². The Morgan fingerprint density at radius 3 is 2.33 bits per heavy atom. The summed E-state index contributed by atoms with van der Waals surface area (Å²) in [6.07, 6.45) is 6.81. The molecule has 1 aliphatic rings. The van der Waals surface area contributed by atoms with Crippen LogP contribution in [0.2, 0.25) is 0 Å². The molecule has 0 aromatic carbocycles. The standard InChI is InChI=1S/C13H27NO/c1-4-12(2,3)10-14-11-13(15)8-6-5-7-9-13/h14-15H,4-11H2,1-3H3. The Bertz CT molecular complexity index is 183. The molecule has 0 radical (unpaired) electrons. The lowest BCUT2D eigenvalue weighted by Crippen LogP contribution is -2.44. The molecule has 1 aliphatic carbocycles. The molecule has 2 nitrogen and oxygen atoms in total. The minimum atomic E-state index is -0.415. The first kappa shape index (κ1) is 13.0. The van der Waals surface area contributed by atoms with Crippen molar-refractivity contribution >= 4 is 0 Å². The molecule has 2 N–H and O–H groups in total. The van der Waals surface area contributed by atoms with Crippen LogP contribution in [0, 0.1) is 5.41 Å². The van der Waals surface area contributed by atoms with E-state index in [0.717, 1.165) is 25.9 Å². The summed E-state index contributed by atoms with van der Waals surface area (Å²) in [5.74, 6) is 0. The third-order valence-corrected chi connectivity index (χ3v) is 3.80. The van der Waals surface area contributed by atoms with E-state index >= 15 is 0 Å². The first-order chi connectivity index (χ1) is 6.97. The van der Waals surface area contributed by atoms with Crippen molar-refractivity contribution in [1.29, 1.82) is 0 Å². The normalized spacial score (nSPS) is 21.6. The zero-order valence-corrected chi connectivity index (χ0v) is 10.6. The van der Waals surface area contributed by atoms with Gasteiger partial charge in [-0.3, -0.25) is 0 Å². The average Bonchev–Trinajstić information content (AvgIpc) is 2.18. The molecule has 0 aliphatic heterocycles. The molecule has 0 aromatic heterocycles. The monoisotopic (exact) mass is 213 g/mol. The van der Waals surface area contributed by atoms with Gasteiger partial charge in [-0.25, -0.2) is 0 Å². The Balaban J connectivity index is 2.24. The first-order valence-electron chi connectivity index (χ1n) is 6.41. The van der Waals surface area contributed by atoms with Gasteiger partial charge in [-0.2, -0.15) is 0 Å². The van der Waals surface area contributed by atoms with Crippen LogP contribution in [-0.2, 0) is 0 Å². The molecule has 1 saturated carbocycles. The lowest BCUT2D eigenvalue weighted by atomic mass is 9.84. The summed E-state index contributed by atoms with van der Waals surface area (Å²) >= 11 is 0. The third-order valence-electron chi connectivity index (χ3n) is 3.80. The van der Waals surface area contributed by atoms with E-state index in [2.05, 4.69) is 26.1 Å². The molecule has 1 fully saturated rings. The molecule has 1 rings (SSSR count). The fourth-order valence-corrected chi connectivity index (χ4v) is 2.15. The second kappa shape index (κ2) is 5.31. The van der Waals surface area contributed by atoms with Crippen molar-refractivity contribution in [3.8, 4) is 0 Å². The molecule has 0 atom stereocenters. The molecule has 0 saturated heterocycles. The van der Waals surface area contributed by atoms with Gasteiger partial charge in [0.1, 0.15) is 0 Å². The summed E-state index contributed by atoms with van der Waals surface area (Å²) < 4.78 is 0. The highest BCUT2D eigenvalue weighted by Gasteiger charge is 2.29. The van der Waals surface area contributed by atoms with Crippen molar-refractivity contribution in [2.45, 2.75) is 64.9 Å². The highest BCUT2D eigenvalue weighted by atomic mass is 16.3. The molecule has 90 valence electrons. The summed E-state index contributed by atoms with van der Waals surface area (Å²) in [6, 6.07) is 0. The van der Waals surface area contributed by atoms with Crippen LogP contribution in [0.15, 0.2) is 0 Å². The summed E-state index contributed by atoms with van der Waals surface area (Å²) in [5.41, 5.74) is -0.0624. The maximum Gasteiger partial charge on any atom is 0.0771 e. The highest BCUT2D eigenvalue weighted by molar-refractivity contribution is 4.85. The summed E-state index contributed by atoms with van der Waals surface area (Å²) in [7, 11) is 0.